The van der Waals surface area contributed by atoms with Crippen molar-refractivity contribution in [2.45, 2.75) is 55.5 Å². The lowest BCUT2D eigenvalue weighted by Gasteiger charge is -2.46. The molecule has 1 saturated heterocycles. The Bertz CT molecular complexity index is 583. The largest absolute Gasteiger partial charge is 0.508 e. The summed E-state index contributed by atoms with van der Waals surface area (Å²) in [6.45, 7) is 0. The molecule has 1 aliphatic heterocycles. The number of hydrogen-bond acceptors (Lipinski definition) is 2. The van der Waals surface area contributed by atoms with Gasteiger partial charge in [0.05, 0.1) is 0 Å². The third-order valence-corrected chi connectivity index (χ3v) is 6.83. The number of aromatic hydroxyl groups is 1. The SMILES string of the molecule is CN1C2[C@@H]3CCCC[C@@]34CC21Cc1ccc(O)cc14. The molecule has 1 N–H and O–H groups in total. The molecule has 0 aromatic heterocycles. The molecular weight excluding hydrogens is 234 g/mol. The quantitative estimate of drug-likeness (QED) is 0.721. The summed E-state index contributed by atoms with van der Waals surface area (Å²) >= 11 is 0. The third-order valence-electron chi connectivity index (χ3n) is 6.83. The normalized spacial score (nSPS) is 49.2. The van der Waals surface area contributed by atoms with Gasteiger partial charge in [-0.05, 0) is 61.9 Å². The molecule has 2 spiro atoms. The summed E-state index contributed by atoms with van der Waals surface area (Å²) < 4.78 is 0. The first-order chi connectivity index (χ1) is 9.17. The molecule has 2 bridgehead atoms. The molecule has 3 unspecified atom stereocenters. The second-order valence-corrected chi connectivity index (χ2v) is 7.36. The summed E-state index contributed by atoms with van der Waals surface area (Å²) in [6.07, 6.45) is 8.08. The van der Waals surface area contributed by atoms with Gasteiger partial charge in [0.2, 0.25) is 0 Å². The lowest BCUT2D eigenvalue weighted by Crippen LogP contribution is -2.43. The number of phenolic OH excluding ortho intramolecular Hbond substituents is 1. The zero-order chi connectivity index (χ0) is 12.8. The van der Waals surface area contributed by atoms with Gasteiger partial charge in [-0.3, -0.25) is 4.90 Å². The van der Waals surface area contributed by atoms with Crippen LogP contribution in [0.15, 0.2) is 18.2 Å². The summed E-state index contributed by atoms with van der Waals surface area (Å²) in [4.78, 5) is 2.65. The second-order valence-electron chi connectivity index (χ2n) is 7.36. The Morgan fingerprint density at radius 2 is 2.21 bits per heavy atom. The van der Waals surface area contributed by atoms with Crippen molar-refractivity contribution >= 4 is 0 Å². The molecular formula is C17H21NO. The van der Waals surface area contributed by atoms with Gasteiger partial charge in [-0.2, -0.15) is 0 Å². The Hall–Kier alpha value is -1.02. The van der Waals surface area contributed by atoms with Crippen LogP contribution in [-0.2, 0) is 11.8 Å². The fourth-order valence-electron chi connectivity index (χ4n) is 6.15. The molecule has 1 aromatic carbocycles. The summed E-state index contributed by atoms with van der Waals surface area (Å²) in [6, 6.07) is 6.98. The zero-order valence-corrected chi connectivity index (χ0v) is 11.5. The molecule has 5 atom stereocenters. The van der Waals surface area contributed by atoms with Gasteiger partial charge in [0, 0.05) is 17.0 Å². The third kappa shape index (κ3) is 1.02. The van der Waals surface area contributed by atoms with E-state index in [1.807, 2.05) is 6.07 Å². The molecule has 1 heterocycles. The highest BCUT2D eigenvalue weighted by Gasteiger charge is 2.76. The lowest BCUT2D eigenvalue weighted by atomic mass is 9.60. The van der Waals surface area contributed by atoms with Crippen molar-refractivity contribution in [3.63, 3.8) is 0 Å². The van der Waals surface area contributed by atoms with Crippen LogP contribution in [0.25, 0.3) is 0 Å². The monoisotopic (exact) mass is 255 g/mol. The van der Waals surface area contributed by atoms with Crippen LogP contribution in [0.1, 0.15) is 43.2 Å². The highest BCUT2D eigenvalue weighted by molar-refractivity contribution is 5.52. The van der Waals surface area contributed by atoms with Crippen molar-refractivity contribution in [2.24, 2.45) is 5.92 Å². The number of benzene rings is 1. The zero-order valence-electron chi connectivity index (χ0n) is 11.5. The van der Waals surface area contributed by atoms with Crippen LogP contribution >= 0.6 is 0 Å². The summed E-state index contributed by atoms with van der Waals surface area (Å²) in [5, 5.41) is 9.92. The Balaban J connectivity index is 1.76. The van der Waals surface area contributed by atoms with Crippen LogP contribution < -0.4 is 0 Å². The maximum absolute atomic E-state index is 9.92. The maximum Gasteiger partial charge on any atom is 0.115 e. The summed E-state index contributed by atoms with van der Waals surface area (Å²) in [7, 11) is 2.33. The van der Waals surface area contributed by atoms with Crippen molar-refractivity contribution in [1.82, 2.24) is 4.90 Å². The smallest absolute Gasteiger partial charge is 0.115 e. The topological polar surface area (TPSA) is 23.2 Å². The predicted molar refractivity (Wildman–Crippen MR) is 74.3 cm³/mol. The summed E-state index contributed by atoms with van der Waals surface area (Å²) in [5.74, 6) is 1.30. The molecule has 2 saturated carbocycles. The van der Waals surface area contributed by atoms with Crippen LogP contribution in [0.3, 0.4) is 0 Å². The average molecular weight is 255 g/mol. The molecule has 2 heteroatoms. The van der Waals surface area contributed by atoms with Gasteiger partial charge >= 0.3 is 0 Å². The number of likely N-dealkylation sites (N-methyl/N-ethyl adjacent to an activating group) is 1. The van der Waals surface area contributed by atoms with E-state index in [1.54, 1.807) is 0 Å². The number of nitrogens with zero attached hydrogens (tertiary/aromatic N) is 1. The van der Waals surface area contributed by atoms with E-state index in [1.165, 1.54) is 49.7 Å². The molecule has 5 rings (SSSR count). The van der Waals surface area contributed by atoms with Crippen molar-refractivity contribution < 1.29 is 5.11 Å². The molecule has 3 fully saturated rings. The van der Waals surface area contributed by atoms with Crippen LogP contribution in [0.2, 0.25) is 0 Å². The van der Waals surface area contributed by atoms with Crippen LogP contribution in [0, 0.1) is 5.92 Å². The number of phenols is 1. The maximum atomic E-state index is 9.92. The molecule has 0 radical (unpaired) electrons. The van der Waals surface area contributed by atoms with Gasteiger partial charge in [-0.1, -0.05) is 18.9 Å². The number of hydrogen-bond donors (Lipinski definition) is 1. The first kappa shape index (κ1) is 10.7. The minimum Gasteiger partial charge on any atom is -0.508 e. The van der Waals surface area contributed by atoms with E-state index >= 15 is 0 Å². The Morgan fingerprint density at radius 3 is 3.11 bits per heavy atom. The molecule has 1 aromatic rings. The van der Waals surface area contributed by atoms with Crippen molar-refractivity contribution in [3.8, 4) is 5.75 Å². The molecule has 3 aliphatic carbocycles. The lowest BCUT2D eigenvalue weighted by molar-refractivity contribution is 0.148. The standard InChI is InChI=1S/C17H21NO/c1-18-15-13-4-2-3-7-16(13)10-17(15,18)9-11-5-6-12(19)8-14(11)16/h5-6,8,13,15,19H,2-4,7,9-10H2,1H3/t13-,15?,16+,17?,18?/m0/s1. The van der Waals surface area contributed by atoms with E-state index in [0.29, 0.717) is 16.7 Å². The molecule has 0 amide bonds. The predicted octanol–water partition coefficient (Wildman–Crippen LogP) is 2.83. The second kappa shape index (κ2) is 3.01. The van der Waals surface area contributed by atoms with Gasteiger partial charge in [-0.15, -0.1) is 0 Å². The van der Waals surface area contributed by atoms with Crippen molar-refractivity contribution in [3.05, 3.63) is 29.3 Å². The first-order valence-corrected chi connectivity index (χ1v) is 7.73. The Morgan fingerprint density at radius 1 is 1.32 bits per heavy atom. The Kier molecular flexibility index (Phi) is 1.70. The van der Waals surface area contributed by atoms with Crippen LogP contribution in [0.4, 0.5) is 0 Å². The fraction of sp³-hybridized carbons (Fsp3) is 0.647. The van der Waals surface area contributed by atoms with Crippen LogP contribution in [-0.4, -0.2) is 28.6 Å². The van der Waals surface area contributed by atoms with Gasteiger partial charge in [0.25, 0.3) is 0 Å². The number of piperidine rings is 1. The first-order valence-electron chi connectivity index (χ1n) is 7.73. The molecule has 100 valence electrons. The fourth-order valence-corrected chi connectivity index (χ4v) is 6.15. The van der Waals surface area contributed by atoms with Gasteiger partial charge < -0.3 is 5.11 Å². The number of likely N-dealkylation sites (tertiary alicyclic amines) is 1. The highest BCUT2D eigenvalue weighted by atomic mass is 16.3. The summed E-state index contributed by atoms with van der Waals surface area (Å²) in [5.41, 5.74) is 3.91. The van der Waals surface area contributed by atoms with Gasteiger partial charge in [-0.25, -0.2) is 0 Å². The minimum absolute atomic E-state index is 0.405. The van der Waals surface area contributed by atoms with E-state index in [0.717, 1.165) is 12.0 Å². The average Bonchev–Trinajstić information content (AvgIpc) is 2.84. The minimum atomic E-state index is 0.405. The molecule has 4 aliphatic rings. The van der Waals surface area contributed by atoms with E-state index in [9.17, 15) is 5.11 Å². The van der Waals surface area contributed by atoms with Crippen molar-refractivity contribution in [2.75, 3.05) is 7.05 Å². The molecule has 2 nitrogen and oxygen atoms in total. The van der Waals surface area contributed by atoms with Gasteiger partial charge in [0.1, 0.15) is 5.75 Å². The van der Waals surface area contributed by atoms with E-state index < -0.39 is 0 Å². The van der Waals surface area contributed by atoms with Crippen LogP contribution in [0.5, 0.6) is 5.75 Å². The molecule has 19 heavy (non-hydrogen) atoms. The van der Waals surface area contributed by atoms with Crippen molar-refractivity contribution in [1.29, 1.82) is 0 Å². The van der Waals surface area contributed by atoms with E-state index in [4.69, 9.17) is 0 Å². The number of fused-ring (bicyclic) bond motifs is 2. The number of rotatable bonds is 0. The highest BCUT2D eigenvalue weighted by Crippen LogP contribution is 2.71. The van der Waals surface area contributed by atoms with Gasteiger partial charge in [0.15, 0.2) is 0 Å². The van der Waals surface area contributed by atoms with E-state index in [2.05, 4.69) is 24.1 Å². The van der Waals surface area contributed by atoms with E-state index in [-0.39, 0.29) is 0 Å². The Labute approximate surface area is 114 Å².